The van der Waals surface area contributed by atoms with Crippen molar-refractivity contribution in [2.24, 2.45) is 5.73 Å². The van der Waals surface area contributed by atoms with Crippen molar-refractivity contribution in [3.63, 3.8) is 0 Å². The van der Waals surface area contributed by atoms with Crippen molar-refractivity contribution in [2.45, 2.75) is 31.3 Å². The van der Waals surface area contributed by atoms with Crippen LogP contribution in [0.5, 0.6) is 0 Å². The maximum Gasteiger partial charge on any atom is 0.307 e. The van der Waals surface area contributed by atoms with Crippen molar-refractivity contribution in [3.8, 4) is 0 Å². The molecule has 0 aliphatic heterocycles. The quantitative estimate of drug-likeness (QED) is 0.504. The minimum Gasteiger partial charge on any atom is -0.453 e. The van der Waals surface area contributed by atoms with Crippen LogP contribution in [0.25, 0.3) is 0 Å². The number of hydrogen-bond donors (Lipinski definition) is 2. The summed E-state index contributed by atoms with van der Waals surface area (Å²) in [6.07, 6.45) is -1.34. The average molecular weight is 342 g/mol. The molecule has 3 N–H and O–H groups in total. The number of primary amides is 1. The molecule has 0 aliphatic rings. The second-order valence-electron chi connectivity index (χ2n) is 4.77. The van der Waals surface area contributed by atoms with E-state index in [1.807, 2.05) is 0 Å². The van der Waals surface area contributed by atoms with E-state index in [2.05, 4.69) is 9.46 Å². The first-order chi connectivity index (χ1) is 10.6. The predicted molar refractivity (Wildman–Crippen MR) is 81.0 cm³/mol. The fourth-order valence-corrected chi connectivity index (χ4v) is 2.64. The first-order valence-electron chi connectivity index (χ1n) is 6.73. The van der Waals surface area contributed by atoms with E-state index in [9.17, 15) is 22.8 Å². The van der Waals surface area contributed by atoms with Crippen LogP contribution in [0.3, 0.4) is 0 Å². The molecule has 9 heteroatoms. The second-order valence-corrected chi connectivity index (χ2v) is 6.53. The van der Waals surface area contributed by atoms with Crippen molar-refractivity contribution in [2.75, 3.05) is 6.54 Å². The molecule has 1 atom stereocenters. The van der Waals surface area contributed by atoms with Gasteiger partial charge in [-0.15, -0.1) is 0 Å². The van der Waals surface area contributed by atoms with Gasteiger partial charge in [0.2, 0.25) is 10.0 Å². The molecule has 23 heavy (non-hydrogen) atoms. The third kappa shape index (κ3) is 5.80. The smallest absolute Gasteiger partial charge is 0.307 e. The van der Waals surface area contributed by atoms with Crippen LogP contribution >= 0.6 is 0 Å². The zero-order chi connectivity index (χ0) is 17.6. The molecule has 0 fully saturated rings. The van der Waals surface area contributed by atoms with Crippen molar-refractivity contribution in [1.82, 2.24) is 4.72 Å². The lowest BCUT2D eigenvalue weighted by molar-refractivity contribution is -0.153. The summed E-state index contributed by atoms with van der Waals surface area (Å²) in [6, 6.07) is 5.54. The molecular weight excluding hydrogens is 324 g/mol. The first kappa shape index (κ1) is 18.8. The van der Waals surface area contributed by atoms with Crippen LogP contribution < -0.4 is 10.5 Å². The molecule has 1 aromatic carbocycles. The zero-order valence-corrected chi connectivity index (χ0v) is 13.6. The zero-order valence-electron chi connectivity index (χ0n) is 12.7. The molecule has 0 saturated carbocycles. The summed E-state index contributed by atoms with van der Waals surface area (Å²) in [5.74, 6) is -1.80. The van der Waals surface area contributed by atoms with Gasteiger partial charge >= 0.3 is 5.97 Å². The minimum absolute atomic E-state index is 0.0796. The number of esters is 1. The van der Waals surface area contributed by atoms with Crippen LogP contribution in [-0.2, 0) is 24.3 Å². The summed E-state index contributed by atoms with van der Waals surface area (Å²) in [5.41, 5.74) is 5.21. The Hall–Kier alpha value is -2.26. The van der Waals surface area contributed by atoms with E-state index in [1.165, 1.54) is 38.1 Å². The van der Waals surface area contributed by atoms with Gasteiger partial charge in [0.05, 0.1) is 11.3 Å². The number of carbonyl (C=O) groups excluding carboxylic acids is 3. The third-order valence-electron chi connectivity index (χ3n) is 2.88. The number of carbonyl (C=O) groups is 3. The highest BCUT2D eigenvalue weighted by molar-refractivity contribution is 7.89. The lowest BCUT2D eigenvalue weighted by Crippen LogP contribution is -2.32. The Bertz CT molecular complexity index is 714. The molecule has 126 valence electrons. The molecule has 0 aliphatic carbocycles. The number of sulfonamides is 1. The van der Waals surface area contributed by atoms with Crippen LogP contribution in [0.1, 0.15) is 30.6 Å². The van der Waals surface area contributed by atoms with Crippen molar-refractivity contribution in [3.05, 3.63) is 29.8 Å². The van der Waals surface area contributed by atoms with Gasteiger partial charge in [0, 0.05) is 12.1 Å². The Morgan fingerprint density at radius 1 is 1.30 bits per heavy atom. The first-order valence-corrected chi connectivity index (χ1v) is 8.21. The topological polar surface area (TPSA) is 133 Å². The molecule has 8 nitrogen and oxygen atoms in total. The standard InChI is InChI=1S/C14H18N2O6S/c1-9(17)11-4-3-5-12(8-11)23(20,21)16-7-6-13(18)22-10(2)14(15)19/h3-5,8,10,16H,6-7H2,1-2H3,(H2,15,19)/t10-/m0/s1. The van der Waals surface area contributed by atoms with E-state index in [4.69, 9.17) is 5.73 Å². The highest BCUT2D eigenvalue weighted by Gasteiger charge is 2.17. The van der Waals surface area contributed by atoms with Gasteiger partial charge in [-0.1, -0.05) is 12.1 Å². The number of ketones is 1. The molecule has 1 amide bonds. The minimum atomic E-state index is -3.86. The third-order valence-corrected chi connectivity index (χ3v) is 4.34. The largest absolute Gasteiger partial charge is 0.453 e. The van der Waals surface area contributed by atoms with Crippen LogP contribution in [0.2, 0.25) is 0 Å². The Balaban J connectivity index is 2.63. The van der Waals surface area contributed by atoms with Crippen LogP contribution in [0, 0.1) is 0 Å². The molecule has 0 spiro atoms. The van der Waals surface area contributed by atoms with Crippen molar-refractivity contribution < 1.29 is 27.5 Å². The van der Waals surface area contributed by atoms with Crippen LogP contribution in [-0.4, -0.2) is 38.7 Å². The second kappa shape index (κ2) is 7.84. The summed E-state index contributed by atoms with van der Waals surface area (Å²) in [4.78, 5) is 33.4. The number of rotatable bonds is 8. The van der Waals surface area contributed by atoms with Gasteiger partial charge in [0.1, 0.15) is 0 Å². The summed E-state index contributed by atoms with van der Waals surface area (Å²) in [7, 11) is -3.86. The number of Topliss-reactive ketones (excluding diaryl/α,β-unsaturated/α-hetero) is 1. The Morgan fingerprint density at radius 3 is 2.52 bits per heavy atom. The average Bonchev–Trinajstić information content (AvgIpc) is 2.46. The monoisotopic (exact) mass is 342 g/mol. The molecule has 1 aromatic rings. The van der Waals surface area contributed by atoms with Gasteiger partial charge in [-0.2, -0.15) is 0 Å². The number of ether oxygens (including phenoxy) is 1. The normalized spacial score (nSPS) is 12.4. The van der Waals surface area contributed by atoms with E-state index < -0.39 is 28.0 Å². The van der Waals surface area contributed by atoms with E-state index in [-0.39, 0.29) is 29.2 Å². The van der Waals surface area contributed by atoms with E-state index in [0.717, 1.165) is 0 Å². The molecular formula is C14H18N2O6S. The summed E-state index contributed by atoms with van der Waals surface area (Å²) >= 11 is 0. The summed E-state index contributed by atoms with van der Waals surface area (Å²) < 4.78 is 31.0. The lowest BCUT2D eigenvalue weighted by Gasteiger charge is -2.10. The lowest BCUT2D eigenvalue weighted by atomic mass is 10.2. The molecule has 1 rings (SSSR count). The van der Waals surface area contributed by atoms with Gasteiger partial charge in [-0.25, -0.2) is 13.1 Å². The SMILES string of the molecule is CC(=O)c1cccc(S(=O)(=O)NCCC(=O)O[C@@H](C)C(N)=O)c1. The number of hydrogen-bond acceptors (Lipinski definition) is 6. The number of benzene rings is 1. The number of nitrogens with two attached hydrogens (primary N) is 1. The molecule has 0 unspecified atom stereocenters. The Labute approximate surface area is 134 Å². The molecule has 0 heterocycles. The van der Waals surface area contributed by atoms with Crippen LogP contribution in [0.4, 0.5) is 0 Å². The Kier molecular flexibility index (Phi) is 6.40. The van der Waals surface area contributed by atoms with Crippen molar-refractivity contribution >= 4 is 27.7 Å². The molecule has 0 saturated heterocycles. The highest BCUT2D eigenvalue weighted by Crippen LogP contribution is 2.12. The fraction of sp³-hybridized carbons (Fsp3) is 0.357. The van der Waals surface area contributed by atoms with Gasteiger partial charge in [0.15, 0.2) is 11.9 Å². The van der Waals surface area contributed by atoms with Crippen molar-refractivity contribution in [1.29, 1.82) is 0 Å². The van der Waals surface area contributed by atoms with E-state index in [0.29, 0.717) is 0 Å². The van der Waals surface area contributed by atoms with Gasteiger partial charge < -0.3 is 10.5 Å². The Morgan fingerprint density at radius 2 is 1.96 bits per heavy atom. The maximum absolute atomic E-state index is 12.1. The highest BCUT2D eigenvalue weighted by atomic mass is 32.2. The van der Waals surface area contributed by atoms with Crippen LogP contribution in [0.15, 0.2) is 29.2 Å². The molecule has 0 radical (unpaired) electrons. The molecule has 0 bridgehead atoms. The predicted octanol–water partition coefficient (Wildman–Crippen LogP) is -0.0254. The molecule has 0 aromatic heterocycles. The fourth-order valence-electron chi connectivity index (χ4n) is 1.57. The van der Waals surface area contributed by atoms with Gasteiger partial charge in [0.25, 0.3) is 5.91 Å². The summed E-state index contributed by atoms with van der Waals surface area (Å²) in [6.45, 7) is 2.43. The van der Waals surface area contributed by atoms with E-state index >= 15 is 0 Å². The van der Waals surface area contributed by atoms with Gasteiger partial charge in [-0.3, -0.25) is 14.4 Å². The number of amides is 1. The number of nitrogens with one attached hydrogen (secondary N) is 1. The summed E-state index contributed by atoms with van der Waals surface area (Å²) in [5, 5.41) is 0. The maximum atomic E-state index is 12.1. The van der Waals surface area contributed by atoms with E-state index in [1.54, 1.807) is 0 Å². The van der Waals surface area contributed by atoms with Gasteiger partial charge in [-0.05, 0) is 26.0 Å².